The molecule has 1 aliphatic rings. The van der Waals surface area contributed by atoms with Crippen LogP contribution in [0.15, 0.2) is 46.5 Å². The molecule has 23 heavy (non-hydrogen) atoms. The van der Waals surface area contributed by atoms with E-state index in [0.29, 0.717) is 33.9 Å². The maximum atomic E-state index is 12.3. The van der Waals surface area contributed by atoms with Crippen molar-refractivity contribution in [2.45, 2.75) is 13.3 Å². The fourth-order valence-electron chi connectivity index (χ4n) is 2.34. The van der Waals surface area contributed by atoms with Gasteiger partial charge in [-0.15, -0.1) is 0 Å². The van der Waals surface area contributed by atoms with Gasteiger partial charge >= 0.3 is 0 Å². The summed E-state index contributed by atoms with van der Waals surface area (Å²) < 4.78 is 5.78. The van der Waals surface area contributed by atoms with Gasteiger partial charge in [-0.3, -0.25) is 9.69 Å². The molecule has 1 saturated heterocycles. The van der Waals surface area contributed by atoms with Crippen molar-refractivity contribution < 1.29 is 9.21 Å². The number of rotatable bonds is 4. The Balaban J connectivity index is 1.82. The number of hydrogen-bond acceptors (Lipinski definition) is 3. The van der Waals surface area contributed by atoms with Crippen molar-refractivity contribution in [1.82, 2.24) is 10.2 Å². The summed E-state index contributed by atoms with van der Waals surface area (Å²) in [6.07, 6.45) is 2.52. The number of nitrogens with zero attached hydrogens (tertiary/aromatic N) is 1. The van der Waals surface area contributed by atoms with E-state index in [1.807, 2.05) is 31.2 Å². The van der Waals surface area contributed by atoms with Crippen LogP contribution >= 0.6 is 23.8 Å². The summed E-state index contributed by atoms with van der Waals surface area (Å²) in [4.78, 5) is 13.8. The quantitative estimate of drug-likeness (QED) is 0.669. The average molecular weight is 347 g/mol. The van der Waals surface area contributed by atoms with Crippen LogP contribution in [0.5, 0.6) is 0 Å². The maximum Gasteiger partial charge on any atom is 0.276 e. The van der Waals surface area contributed by atoms with Crippen molar-refractivity contribution in [2.75, 3.05) is 6.54 Å². The van der Waals surface area contributed by atoms with Crippen LogP contribution in [-0.2, 0) is 4.79 Å². The second-order valence-electron chi connectivity index (χ2n) is 5.15. The third-order valence-corrected chi connectivity index (χ3v) is 4.03. The number of carbonyl (C=O) groups excluding carboxylic acids is 1. The molecule has 0 aliphatic carbocycles. The van der Waals surface area contributed by atoms with E-state index in [2.05, 4.69) is 5.32 Å². The molecule has 118 valence electrons. The van der Waals surface area contributed by atoms with Gasteiger partial charge in [0.15, 0.2) is 5.11 Å². The Labute approximate surface area is 144 Å². The largest absolute Gasteiger partial charge is 0.457 e. The molecule has 2 heterocycles. The monoisotopic (exact) mass is 346 g/mol. The number of thiocarbonyl (C=S) groups is 1. The van der Waals surface area contributed by atoms with Crippen LogP contribution in [0, 0.1) is 0 Å². The molecule has 1 aromatic heterocycles. The van der Waals surface area contributed by atoms with E-state index in [-0.39, 0.29) is 5.91 Å². The minimum Gasteiger partial charge on any atom is -0.457 e. The SMILES string of the molecule is CCCN1C(=O)/C(=C\c2ccc(-c3ccc(Cl)cc3)o2)NC1=S. The maximum absolute atomic E-state index is 12.3. The zero-order valence-corrected chi connectivity index (χ0v) is 14.1. The van der Waals surface area contributed by atoms with Gasteiger partial charge in [0, 0.05) is 23.2 Å². The Morgan fingerprint density at radius 1 is 1.26 bits per heavy atom. The molecule has 0 atom stereocenters. The smallest absolute Gasteiger partial charge is 0.276 e. The molecule has 3 rings (SSSR count). The first kappa shape index (κ1) is 15.8. The van der Waals surface area contributed by atoms with E-state index in [9.17, 15) is 4.79 Å². The number of hydrogen-bond donors (Lipinski definition) is 1. The van der Waals surface area contributed by atoms with E-state index >= 15 is 0 Å². The van der Waals surface area contributed by atoms with Crippen LogP contribution in [0.2, 0.25) is 5.02 Å². The minimum atomic E-state index is -0.124. The normalized spacial score (nSPS) is 16.3. The first-order valence-corrected chi connectivity index (χ1v) is 8.07. The highest BCUT2D eigenvalue weighted by Gasteiger charge is 2.29. The van der Waals surface area contributed by atoms with Crippen molar-refractivity contribution >= 4 is 40.9 Å². The molecule has 1 aromatic carbocycles. The molecule has 1 amide bonds. The van der Waals surface area contributed by atoms with Gasteiger partial charge in [0.1, 0.15) is 17.2 Å². The molecule has 1 fully saturated rings. The first-order valence-electron chi connectivity index (χ1n) is 7.29. The molecular weight excluding hydrogens is 332 g/mol. The van der Waals surface area contributed by atoms with Crippen molar-refractivity contribution in [1.29, 1.82) is 0 Å². The average Bonchev–Trinajstić information content (AvgIpc) is 3.09. The lowest BCUT2D eigenvalue weighted by Crippen LogP contribution is -2.31. The summed E-state index contributed by atoms with van der Waals surface area (Å²) in [5.74, 6) is 1.18. The summed E-state index contributed by atoms with van der Waals surface area (Å²) in [5, 5.41) is 4.05. The van der Waals surface area contributed by atoms with Crippen molar-refractivity contribution in [2.24, 2.45) is 0 Å². The summed E-state index contributed by atoms with van der Waals surface area (Å²) in [7, 11) is 0. The van der Waals surface area contributed by atoms with Gasteiger partial charge in [0.05, 0.1) is 0 Å². The molecule has 2 aromatic rings. The zero-order valence-electron chi connectivity index (χ0n) is 12.5. The Kier molecular flexibility index (Phi) is 4.50. The Bertz CT molecular complexity index is 780. The molecular formula is C17H15ClN2O2S. The van der Waals surface area contributed by atoms with Crippen molar-refractivity contribution in [3.8, 4) is 11.3 Å². The van der Waals surface area contributed by atoms with E-state index in [1.165, 1.54) is 0 Å². The summed E-state index contributed by atoms with van der Waals surface area (Å²) in [5.41, 5.74) is 1.35. The zero-order chi connectivity index (χ0) is 16.4. The molecule has 4 nitrogen and oxygen atoms in total. The second kappa shape index (κ2) is 6.56. The number of nitrogens with one attached hydrogen (secondary N) is 1. The van der Waals surface area contributed by atoms with Crippen LogP contribution in [0.1, 0.15) is 19.1 Å². The van der Waals surface area contributed by atoms with Crippen molar-refractivity contribution in [3.63, 3.8) is 0 Å². The van der Waals surface area contributed by atoms with E-state index in [1.54, 1.807) is 23.1 Å². The Hall–Kier alpha value is -2.11. The highest BCUT2D eigenvalue weighted by atomic mass is 35.5. The molecule has 1 N–H and O–H groups in total. The molecule has 0 unspecified atom stereocenters. The predicted molar refractivity (Wildman–Crippen MR) is 94.9 cm³/mol. The summed E-state index contributed by atoms with van der Waals surface area (Å²) in [6.45, 7) is 2.61. The van der Waals surface area contributed by atoms with Gasteiger partial charge in [-0.1, -0.05) is 18.5 Å². The summed E-state index contributed by atoms with van der Waals surface area (Å²) in [6, 6.07) is 11.1. The molecule has 0 spiro atoms. The molecule has 0 saturated carbocycles. The molecule has 6 heteroatoms. The molecule has 0 bridgehead atoms. The summed E-state index contributed by atoms with van der Waals surface area (Å²) >= 11 is 11.1. The molecule has 0 radical (unpaired) electrons. The highest BCUT2D eigenvalue weighted by molar-refractivity contribution is 7.80. The highest BCUT2D eigenvalue weighted by Crippen LogP contribution is 2.25. The topological polar surface area (TPSA) is 45.5 Å². The molecule has 1 aliphatic heterocycles. The van der Waals surface area contributed by atoms with Crippen LogP contribution in [0.3, 0.4) is 0 Å². The van der Waals surface area contributed by atoms with Gasteiger partial charge in [-0.05, 0) is 55.0 Å². The van der Waals surface area contributed by atoms with Crippen LogP contribution < -0.4 is 5.32 Å². The first-order chi connectivity index (χ1) is 11.1. The van der Waals surface area contributed by atoms with Gasteiger partial charge in [-0.2, -0.15) is 0 Å². The van der Waals surface area contributed by atoms with Crippen LogP contribution in [0.4, 0.5) is 0 Å². The number of benzene rings is 1. The van der Waals surface area contributed by atoms with Gasteiger partial charge < -0.3 is 9.73 Å². The van der Waals surface area contributed by atoms with Gasteiger partial charge in [-0.25, -0.2) is 0 Å². The predicted octanol–water partition coefficient (Wildman–Crippen LogP) is 4.07. The number of carbonyl (C=O) groups is 1. The van der Waals surface area contributed by atoms with Gasteiger partial charge in [0.25, 0.3) is 5.91 Å². The lowest BCUT2D eigenvalue weighted by Gasteiger charge is -2.11. The second-order valence-corrected chi connectivity index (χ2v) is 5.98. The fraction of sp³-hybridized carbons (Fsp3) is 0.176. The third kappa shape index (κ3) is 3.30. The Morgan fingerprint density at radius 3 is 2.70 bits per heavy atom. The third-order valence-electron chi connectivity index (χ3n) is 3.45. The van der Waals surface area contributed by atoms with E-state index in [4.69, 9.17) is 28.2 Å². The standard InChI is InChI=1S/C17H15ClN2O2S/c1-2-9-20-16(21)14(19-17(20)23)10-13-7-8-15(22-13)11-3-5-12(18)6-4-11/h3-8,10H,2,9H2,1H3,(H,19,23)/b14-10+. The van der Waals surface area contributed by atoms with Crippen molar-refractivity contribution in [3.05, 3.63) is 52.9 Å². The number of halogens is 1. The van der Waals surface area contributed by atoms with Crippen LogP contribution in [0.25, 0.3) is 17.4 Å². The van der Waals surface area contributed by atoms with E-state index in [0.717, 1.165) is 12.0 Å². The Morgan fingerprint density at radius 2 is 2.00 bits per heavy atom. The fourth-order valence-corrected chi connectivity index (χ4v) is 2.75. The van der Waals surface area contributed by atoms with E-state index < -0.39 is 0 Å². The lowest BCUT2D eigenvalue weighted by atomic mass is 10.2. The van der Waals surface area contributed by atoms with Gasteiger partial charge in [0.2, 0.25) is 0 Å². The van der Waals surface area contributed by atoms with Crippen LogP contribution in [-0.4, -0.2) is 22.5 Å². The minimum absolute atomic E-state index is 0.124. The number of amides is 1. The lowest BCUT2D eigenvalue weighted by molar-refractivity contribution is -0.122. The number of furan rings is 1.